The van der Waals surface area contributed by atoms with Gasteiger partial charge in [0, 0.05) is 12.4 Å². The molecule has 0 aromatic rings. The lowest BCUT2D eigenvalue weighted by atomic mass is 10.6. The summed E-state index contributed by atoms with van der Waals surface area (Å²) in [6, 6.07) is -0.619. The summed E-state index contributed by atoms with van der Waals surface area (Å²) in [5.74, 6) is 0.266. The molecule has 6 heteroatoms. The SMILES string of the molecule is O=C(NCCCl)NCC(F)F. The van der Waals surface area contributed by atoms with E-state index in [0.717, 1.165) is 0 Å². The molecule has 0 spiro atoms. The molecule has 0 bridgehead atoms. The zero-order valence-electron chi connectivity index (χ0n) is 5.74. The van der Waals surface area contributed by atoms with Gasteiger partial charge in [-0.25, -0.2) is 13.6 Å². The Hall–Kier alpha value is -0.580. The summed E-state index contributed by atoms with van der Waals surface area (Å²) in [4.78, 5) is 10.5. The molecular formula is C5H9ClF2N2O. The standard InChI is InChI=1S/C5H9ClF2N2O/c6-1-2-9-5(11)10-3-4(7)8/h4H,1-3H2,(H2,9,10,11). The molecule has 2 amide bonds. The number of amides is 2. The third kappa shape index (κ3) is 7.32. The first-order valence-corrected chi connectivity index (χ1v) is 3.56. The van der Waals surface area contributed by atoms with Crippen LogP contribution in [-0.4, -0.2) is 31.4 Å². The van der Waals surface area contributed by atoms with E-state index in [-0.39, 0.29) is 12.4 Å². The Morgan fingerprint density at radius 2 is 2.09 bits per heavy atom. The number of alkyl halides is 3. The number of carbonyl (C=O) groups is 1. The normalized spacial score (nSPS) is 9.82. The zero-order valence-corrected chi connectivity index (χ0v) is 6.50. The second-order valence-electron chi connectivity index (χ2n) is 1.72. The van der Waals surface area contributed by atoms with Crippen LogP contribution in [0.3, 0.4) is 0 Å². The van der Waals surface area contributed by atoms with Gasteiger partial charge in [0.1, 0.15) is 0 Å². The van der Waals surface area contributed by atoms with E-state index in [2.05, 4.69) is 5.32 Å². The van der Waals surface area contributed by atoms with Crippen LogP contribution in [0.25, 0.3) is 0 Å². The highest BCUT2D eigenvalue weighted by Gasteiger charge is 2.04. The van der Waals surface area contributed by atoms with E-state index in [1.165, 1.54) is 0 Å². The molecule has 66 valence electrons. The Morgan fingerprint density at radius 3 is 2.55 bits per heavy atom. The summed E-state index contributed by atoms with van der Waals surface area (Å²) < 4.78 is 22.9. The van der Waals surface area contributed by atoms with Crippen LogP contribution >= 0.6 is 11.6 Å². The number of carbonyl (C=O) groups excluding carboxylic acids is 1. The molecule has 0 unspecified atom stereocenters. The number of nitrogens with one attached hydrogen (secondary N) is 2. The highest BCUT2D eigenvalue weighted by Crippen LogP contribution is 1.86. The van der Waals surface area contributed by atoms with E-state index in [4.69, 9.17) is 11.6 Å². The maximum atomic E-state index is 11.4. The van der Waals surface area contributed by atoms with Gasteiger partial charge in [-0.15, -0.1) is 11.6 Å². The smallest absolute Gasteiger partial charge is 0.315 e. The molecule has 2 N–H and O–H groups in total. The fourth-order valence-electron chi connectivity index (χ4n) is 0.393. The van der Waals surface area contributed by atoms with Crippen molar-refractivity contribution in [2.75, 3.05) is 19.0 Å². The molecule has 3 nitrogen and oxygen atoms in total. The van der Waals surface area contributed by atoms with Gasteiger partial charge in [-0.1, -0.05) is 0 Å². The second kappa shape index (κ2) is 6.15. The number of hydrogen-bond donors (Lipinski definition) is 2. The molecule has 0 aliphatic rings. The van der Waals surface area contributed by atoms with Crippen LogP contribution in [0.2, 0.25) is 0 Å². The third-order valence-electron chi connectivity index (χ3n) is 0.797. The fraction of sp³-hybridized carbons (Fsp3) is 0.800. The highest BCUT2D eigenvalue weighted by molar-refractivity contribution is 6.18. The van der Waals surface area contributed by atoms with Crippen molar-refractivity contribution in [3.05, 3.63) is 0 Å². The largest absolute Gasteiger partial charge is 0.337 e. The number of rotatable bonds is 4. The lowest BCUT2D eigenvalue weighted by Gasteiger charge is -2.04. The molecule has 0 atom stereocenters. The topological polar surface area (TPSA) is 41.1 Å². The van der Waals surface area contributed by atoms with Gasteiger partial charge in [-0.05, 0) is 0 Å². The van der Waals surface area contributed by atoms with Crippen molar-refractivity contribution in [1.82, 2.24) is 10.6 Å². The molecule has 0 saturated carbocycles. The predicted molar refractivity (Wildman–Crippen MR) is 38.1 cm³/mol. The van der Waals surface area contributed by atoms with Crippen molar-refractivity contribution in [2.45, 2.75) is 6.43 Å². The quantitative estimate of drug-likeness (QED) is 0.627. The van der Waals surface area contributed by atoms with Gasteiger partial charge in [0.25, 0.3) is 6.43 Å². The second-order valence-corrected chi connectivity index (χ2v) is 2.09. The average molecular weight is 187 g/mol. The van der Waals surface area contributed by atoms with Gasteiger partial charge in [-0.3, -0.25) is 0 Å². The molecule has 0 rings (SSSR count). The van der Waals surface area contributed by atoms with Crippen molar-refractivity contribution in [3.8, 4) is 0 Å². The number of halogens is 3. The summed E-state index contributed by atoms with van der Waals surface area (Å²) >= 11 is 5.22. The molecule has 0 heterocycles. The van der Waals surface area contributed by atoms with Crippen LogP contribution in [0.15, 0.2) is 0 Å². The first-order chi connectivity index (χ1) is 5.16. The summed E-state index contributed by atoms with van der Waals surface area (Å²) in [5.41, 5.74) is 0. The van der Waals surface area contributed by atoms with Crippen molar-refractivity contribution in [3.63, 3.8) is 0 Å². The van der Waals surface area contributed by atoms with Crippen LogP contribution in [-0.2, 0) is 0 Å². The van der Waals surface area contributed by atoms with Crippen LogP contribution in [0.5, 0.6) is 0 Å². The van der Waals surface area contributed by atoms with Crippen LogP contribution in [0, 0.1) is 0 Å². The summed E-state index contributed by atoms with van der Waals surface area (Å²) in [6.07, 6.45) is -2.52. The molecular weight excluding hydrogens is 178 g/mol. The molecule has 11 heavy (non-hydrogen) atoms. The Bertz CT molecular complexity index is 123. The third-order valence-corrected chi connectivity index (χ3v) is 0.986. The lowest BCUT2D eigenvalue weighted by molar-refractivity contribution is 0.146. The summed E-state index contributed by atoms with van der Waals surface area (Å²) in [6.45, 7) is -0.356. The van der Waals surface area contributed by atoms with E-state index < -0.39 is 19.0 Å². The minimum absolute atomic E-state index is 0.266. The van der Waals surface area contributed by atoms with Gasteiger partial charge >= 0.3 is 6.03 Å². The van der Waals surface area contributed by atoms with Crippen LogP contribution in [0.1, 0.15) is 0 Å². The van der Waals surface area contributed by atoms with E-state index in [1.54, 1.807) is 0 Å². The van der Waals surface area contributed by atoms with Gasteiger partial charge < -0.3 is 10.6 Å². The van der Waals surface area contributed by atoms with E-state index in [9.17, 15) is 13.6 Å². The van der Waals surface area contributed by atoms with E-state index in [0.29, 0.717) is 0 Å². The lowest BCUT2D eigenvalue weighted by Crippen LogP contribution is -2.38. The zero-order chi connectivity index (χ0) is 8.69. The predicted octanol–water partition coefficient (Wildman–Crippen LogP) is 0.789. The van der Waals surface area contributed by atoms with Crippen molar-refractivity contribution in [1.29, 1.82) is 0 Å². The van der Waals surface area contributed by atoms with Crippen LogP contribution < -0.4 is 10.6 Å². The maximum absolute atomic E-state index is 11.4. The van der Waals surface area contributed by atoms with E-state index >= 15 is 0 Å². The molecule has 0 saturated heterocycles. The molecule has 0 aliphatic carbocycles. The molecule has 0 fully saturated rings. The van der Waals surface area contributed by atoms with Gasteiger partial charge in [0.2, 0.25) is 0 Å². The van der Waals surface area contributed by atoms with Gasteiger partial charge in [0.05, 0.1) is 6.54 Å². The van der Waals surface area contributed by atoms with Crippen molar-refractivity contribution < 1.29 is 13.6 Å². The van der Waals surface area contributed by atoms with Crippen molar-refractivity contribution in [2.24, 2.45) is 0 Å². The van der Waals surface area contributed by atoms with Gasteiger partial charge in [0.15, 0.2) is 0 Å². The molecule has 0 aromatic carbocycles. The minimum atomic E-state index is -2.52. The Balaban J connectivity index is 3.23. The van der Waals surface area contributed by atoms with Gasteiger partial charge in [-0.2, -0.15) is 0 Å². The molecule has 0 aliphatic heterocycles. The Kier molecular flexibility index (Phi) is 5.83. The Morgan fingerprint density at radius 1 is 1.45 bits per heavy atom. The first kappa shape index (κ1) is 10.4. The first-order valence-electron chi connectivity index (χ1n) is 3.02. The minimum Gasteiger partial charge on any atom is -0.337 e. The fourth-order valence-corrected chi connectivity index (χ4v) is 0.488. The maximum Gasteiger partial charge on any atom is 0.315 e. The summed E-state index contributed by atoms with van der Waals surface area (Å²) in [5, 5.41) is 4.23. The molecule has 0 aromatic heterocycles. The average Bonchev–Trinajstić information content (AvgIpc) is 1.97. The van der Waals surface area contributed by atoms with Crippen LogP contribution in [0.4, 0.5) is 13.6 Å². The van der Waals surface area contributed by atoms with Crippen molar-refractivity contribution >= 4 is 17.6 Å². The number of hydrogen-bond acceptors (Lipinski definition) is 1. The summed E-state index contributed by atoms with van der Waals surface area (Å²) in [7, 11) is 0. The molecule has 0 radical (unpaired) electrons. The highest BCUT2D eigenvalue weighted by atomic mass is 35.5. The van der Waals surface area contributed by atoms with E-state index in [1.807, 2.05) is 5.32 Å². The Labute approximate surface area is 68.1 Å². The number of urea groups is 1. The monoisotopic (exact) mass is 186 g/mol.